The molecule has 2 aromatic heterocycles. The highest BCUT2D eigenvalue weighted by Crippen LogP contribution is 2.31. The van der Waals surface area contributed by atoms with Gasteiger partial charge in [0.25, 0.3) is 0 Å². The zero-order valence-electron chi connectivity index (χ0n) is 33.9. The Bertz CT molecular complexity index is 2190. The number of methoxy groups -OCH3 is 1. The number of carbonyl (C=O) groups is 4. The average Bonchev–Trinajstić information content (AvgIpc) is 3.87. The molecule has 0 spiro atoms. The van der Waals surface area contributed by atoms with E-state index in [0.29, 0.717) is 11.6 Å². The van der Waals surface area contributed by atoms with Gasteiger partial charge in [-0.2, -0.15) is 0 Å². The van der Waals surface area contributed by atoms with Crippen LogP contribution in [0.25, 0.3) is 44.4 Å². The number of hydrogen-bond acceptors (Lipinski definition) is 7. The third-order valence-corrected chi connectivity index (χ3v) is 10.00. The highest BCUT2D eigenvalue weighted by Gasteiger charge is 2.31. The summed E-state index contributed by atoms with van der Waals surface area (Å²) in [6.07, 6.45) is 1.74. The second kappa shape index (κ2) is 18.2. The van der Waals surface area contributed by atoms with Gasteiger partial charge in [0.2, 0.25) is 11.8 Å². The summed E-state index contributed by atoms with van der Waals surface area (Å²) in [5.41, 5.74) is 5.41. The Morgan fingerprint density at radius 1 is 0.561 bits per heavy atom. The summed E-state index contributed by atoms with van der Waals surface area (Å²) >= 11 is 0. The van der Waals surface area contributed by atoms with Crippen molar-refractivity contribution < 1.29 is 29.0 Å². The van der Waals surface area contributed by atoms with E-state index in [1.54, 1.807) is 13.8 Å². The van der Waals surface area contributed by atoms with Gasteiger partial charge in [-0.25, -0.2) is 19.6 Å². The van der Waals surface area contributed by atoms with Crippen molar-refractivity contribution >= 4 is 34.8 Å². The number of nitrogens with zero attached hydrogens (tertiary/aromatic N) is 2. The number of carboxylic acid groups (broad SMARTS) is 1. The molecular weight excluding hydrogens is 725 g/mol. The van der Waals surface area contributed by atoms with Crippen LogP contribution in [-0.4, -0.2) is 68.2 Å². The summed E-state index contributed by atoms with van der Waals surface area (Å²) in [5, 5.41) is 22.3. The molecule has 14 nitrogen and oxygen atoms in total. The predicted molar refractivity (Wildman–Crippen MR) is 220 cm³/mol. The smallest absolute Gasteiger partial charge is 0.407 e. The molecule has 4 unspecified atom stereocenters. The van der Waals surface area contributed by atoms with E-state index in [1.807, 2.05) is 72.1 Å². The number of fused-ring (bicyclic) bond motifs is 1. The summed E-state index contributed by atoms with van der Waals surface area (Å²) in [4.78, 5) is 65.6. The monoisotopic (exact) mass is 778 g/mol. The molecule has 302 valence electrons. The van der Waals surface area contributed by atoms with E-state index in [1.165, 1.54) is 7.11 Å². The molecule has 0 fully saturated rings. The van der Waals surface area contributed by atoms with E-state index in [9.17, 15) is 24.3 Å². The molecule has 7 N–H and O–H groups in total. The normalized spacial score (nSPS) is 13.7. The van der Waals surface area contributed by atoms with E-state index < -0.39 is 42.3 Å². The Morgan fingerprint density at radius 3 is 1.44 bits per heavy atom. The van der Waals surface area contributed by atoms with Crippen LogP contribution in [0.1, 0.15) is 79.1 Å². The molecule has 14 heteroatoms. The van der Waals surface area contributed by atoms with Crippen LogP contribution in [0, 0.1) is 23.7 Å². The van der Waals surface area contributed by atoms with E-state index in [2.05, 4.69) is 73.7 Å². The lowest BCUT2D eigenvalue weighted by Crippen LogP contribution is -2.51. The first-order chi connectivity index (χ1) is 27.1. The van der Waals surface area contributed by atoms with Gasteiger partial charge >= 0.3 is 12.2 Å². The summed E-state index contributed by atoms with van der Waals surface area (Å²) in [5.74, 6) is 0.123. The van der Waals surface area contributed by atoms with Crippen molar-refractivity contribution in [1.82, 2.24) is 41.2 Å². The molecule has 5 aromatic rings. The Hall–Kier alpha value is -6.18. The molecule has 0 aliphatic rings. The van der Waals surface area contributed by atoms with E-state index in [0.717, 1.165) is 44.4 Å². The number of benzene rings is 3. The maximum Gasteiger partial charge on any atom is 0.407 e. The van der Waals surface area contributed by atoms with Gasteiger partial charge < -0.3 is 41.1 Å². The minimum atomic E-state index is -1.25. The van der Waals surface area contributed by atoms with Crippen molar-refractivity contribution in [3.05, 3.63) is 84.7 Å². The Morgan fingerprint density at radius 2 is 0.982 bits per heavy atom. The first-order valence-corrected chi connectivity index (χ1v) is 19.3. The fourth-order valence-corrected chi connectivity index (χ4v) is 6.68. The molecule has 0 saturated carbocycles. The maximum atomic E-state index is 13.2. The Balaban J connectivity index is 1.29. The van der Waals surface area contributed by atoms with Crippen LogP contribution in [0.2, 0.25) is 0 Å². The van der Waals surface area contributed by atoms with Gasteiger partial charge in [-0.3, -0.25) is 9.59 Å². The molecule has 4 atom stereocenters. The lowest BCUT2D eigenvalue weighted by Gasteiger charge is -2.26. The molecule has 0 saturated heterocycles. The second-order valence-electron chi connectivity index (χ2n) is 15.7. The Labute approximate surface area is 333 Å². The molecule has 4 amide bonds. The fraction of sp³-hybridized carbons (Fsp3) is 0.395. The number of nitrogens with one attached hydrogen (secondary N) is 6. The standard InChI is InChI=1S/C43H54N8O6/c1-22(2)34(48-40(52)36(24(5)6)50-42(54)55)38-44-20-32(46-38)27-12-10-26(11-13-27)28-14-15-30-19-31(17-16-29(30)18-28)33-21-45-39(47-33)35(23(3)4)49-41(53)37(25(7)8)51-43(56)57-9/h10-25,34-37,50H,1-9H3,(H,44,46)(H,45,47)(H,48,52)(H,49,53)(H,51,56)(H,54,55). The van der Waals surface area contributed by atoms with Gasteiger partial charge in [0.1, 0.15) is 23.7 Å². The molecule has 3 aromatic carbocycles. The lowest BCUT2D eigenvalue weighted by molar-refractivity contribution is -0.125. The molecule has 0 radical (unpaired) electrons. The molecule has 5 rings (SSSR count). The van der Waals surface area contributed by atoms with Gasteiger partial charge in [0.05, 0.1) is 30.6 Å². The van der Waals surface area contributed by atoms with Crippen molar-refractivity contribution in [2.45, 2.75) is 79.6 Å². The van der Waals surface area contributed by atoms with Crippen LogP contribution < -0.4 is 21.3 Å². The molecular formula is C43H54N8O6. The average molecular weight is 779 g/mol. The van der Waals surface area contributed by atoms with Crippen molar-refractivity contribution in [2.75, 3.05) is 7.11 Å². The van der Waals surface area contributed by atoms with Gasteiger partial charge in [-0.05, 0) is 57.7 Å². The number of aromatic amines is 2. The number of rotatable bonds is 15. The lowest BCUT2D eigenvalue weighted by atomic mass is 9.98. The fourth-order valence-electron chi connectivity index (χ4n) is 6.68. The van der Waals surface area contributed by atoms with Crippen LogP contribution >= 0.6 is 0 Å². The molecule has 0 aliphatic carbocycles. The summed E-state index contributed by atoms with van der Waals surface area (Å²) in [6, 6.07) is 18.1. The van der Waals surface area contributed by atoms with E-state index >= 15 is 0 Å². The SMILES string of the molecule is COC(=O)NC(C(=O)NC(c1nc(-c2ccc3cc(-c4ccc(-c5c[nH]c(C(NC(=O)C(NC(=O)O)C(C)C)C(C)C)n5)cc4)ccc3c2)c[nH]1)C(C)C)C(C)C. The van der Waals surface area contributed by atoms with Crippen molar-refractivity contribution in [3.63, 3.8) is 0 Å². The largest absolute Gasteiger partial charge is 0.465 e. The number of amides is 4. The topological polar surface area (TPSA) is 203 Å². The predicted octanol–water partition coefficient (Wildman–Crippen LogP) is 7.59. The minimum absolute atomic E-state index is 0.00707. The molecule has 57 heavy (non-hydrogen) atoms. The Kier molecular flexibility index (Phi) is 13.4. The van der Waals surface area contributed by atoms with Crippen LogP contribution in [0.15, 0.2) is 73.1 Å². The summed E-state index contributed by atoms with van der Waals surface area (Å²) in [6.45, 7) is 15.2. The van der Waals surface area contributed by atoms with Crippen molar-refractivity contribution in [3.8, 4) is 33.6 Å². The zero-order chi connectivity index (χ0) is 41.6. The highest BCUT2D eigenvalue weighted by molar-refractivity contribution is 5.91. The number of aromatic nitrogens is 4. The number of alkyl carbamates (subject to hydrolysis) is 1. The number of H-pyrrole nitrogens is 2. The van der Waals surface area contributed by atoms with Crippen LogP contribution in [0.4, 0.5) is 9.59 Å². The minimum Gasteiger partial charge on any atom is -0.465 e. The first-order valence-electron chi connectivity index (χ1n) is 19.3. The van der Waals surface area contributed by atoms with Crippen LogP contribution in [0.5, 0.6) is 0 Å². The third kappa shape index (κ3) is 10.2. The van der Waals surface area contributed by atoms with E-state index in [4.69, 9.17) is 14.7 Å². The van der Waals surface area contributed by atoms with Gasteiger partial charge in [-0.15, -0.1) is 0 Å². The van der Waals surface area contributed by atoms with Gasteiger partial charge in [0.15, 0.2) is 0 Å². The van der Waals surface area contributed by atoms with Gasteiger partial charge in [0, 0.05) is 23.5 Å². The third-order valence-electron chi connectivity index (χ3n) is 10.00. The summed E-state index contributed by atoms with van der Waals surface area (Å²) in [7, 11) is 1.27. The number of ether oxygens (including phenoxy) is 1. The highest BCUT2D eigenvalue weighted by atomic mass is 16.5. The number of imidazole rings is 2. The second-order valence-corrected chi connectivity index (χ2v) is 15.7. The number of carbonyl (C=O) groups excluding carboxylic acids is 3. The summed E-state index contributed by atoms with van der Waals surface area (Å²) < 4.78 is 4.71. The van der Waals surface area contributed by atoms with Crippen molar-refractivity contribution in [2.24, 2.45) is 23.7 Å². The van der Waals surface area contributed by atoms with Crippen LogP contribution in [0.3, 0.4) is 0 Å². The van der Waals surface area contributed by atoms with Crippen LogP contribution in [-0.2, 0) is 14.3 Å². The maximum absolute atomic E-state index is 13.2. The quantitative estimate of drug-likeness (QED) is 0.0563. The van der Waals surface area contributed by atoms with Crippen molar-refractivity contribution in [1.29, 1.82) is 0 Å². The van der Waals surface area contributed by atoms with E-state index in [-0.39, 0.29) is 29.6 Å². The first kappa shape index (κ1) is 42.0. The number of hydrogen-bond donors (Lipinski definition) is 7. The molecule has 0 aliphatic heterocycles. The molecule has 2 heterocycles. The zero-order valence-corrected chi connectivity index (χ0v) is 33.9. The van der Waals surface area contributed by atoms with Gasteiger partial charge in [-0.1, -0.05) is 104 Å². The molecule has 0 bridgehead atoms.